The smallest absolute Gasteiger partial charge is 0.349 e. The third-order valence-electron chi connectivity index (χ3n) is 4.65. The molecular weight excluding hydrogens is 363 g/mol. The van der Waals surface area contributed by atoms with Crippen LogP contribution < -0.4 is 0 Å². The second-order valence-electron chi connectivity index (χ2n) is 6.03. The molecule has 0 aromatic heterocycles. The standard InChI is InChI=1S/C21H21O5P/c1-25-27(24,26-2)21(16-6-4-3-5-7-16,17-8-12-19(22)13-9-17)18-10-14-20(23)15-11-18/h3-15,22-23H,1-2H3. The first-order valence-electron chi connectivity index (χ1n) is 8.34. The molecule has 0 amide bonds. The minimum absolute atomic E-state index is 0.0936. The first kappa shape index (κ1) is 19.2. The zero-order valence-corrected chi connectivity index (χ0v) is 16.0. The fraction of sp³-hybridized carbons (Fsp3) is 0.143. The van der Waals surface area contributed by atoms with Crippen molar-refractivity contribution in [1.82, 2.24) is 0 Å². The van der Waals surface area contributed by atoms with Crippen LogP contribution in [0, 0.1) is 0 Å². The lowest BCUT2D eigenvalue weighted by atomic mass is 9.84. The van der Waals surface area contributed by atoms with Gasteiger partial charge in [0.15, 0.2) is 0 Å². The lowest BCUT2D eigenvalue weighted by molar-refractivity contribution is 0.259. The molecule has 0 aliphatic rings. The predicted molar refractivity (Wildman–Crippen MR) is 104 cm³/mol. The molecule has 0 heterocycles. The van der Waals surface area contributed by atoms with E-state index in [0.717, 1.165) is 0 Å². The average Bonchev–Trinajstić information content (AvgIpc) is 2.71. The van der Waals surface area contributed by atoms with Crippen molar-refractivity contribution >= 4 is 7.60 Å². The molecule has 3 rings (SSSR count). The molecule has 3 aromatic carbocycles. The molecule has 0 bridgehead atoms. The Labute approximate surface area is 158 Å². The summed E-state index contributed by atoms with van der Waals surface area (Å²) in [7, 11) is -1.08. The zero-order valence-electron chi connectivity index (χ0n) is 15.1. The number of hydrogen-bond donors (Lipinski definition) is 2. The van der Waals surface area contributed by atoms with Crippen LogP contribution in [-0.4, -0.2) is 24.4 Å². The van der Waals surface area contributed by atoms with E-state index in [4.69, 9.17) is 9.05 Å². The highest BCUT2D eigenvalue weighted by molar-refractivity contribution is 7.55. The molecule has 3 aromatic rings. The summed E-state index contributed by atoms with van der Waals surface area (Å²) in [4.78, 5) is 0. The van der Waals surface area contributed by atoms with E-state index in [1.54, 1.807) is 24.3 Å². The molecule has 0 saturated carbocycles. The zero-order chi connectivity index (χ0) is 19.5. The van der Waals surface area contributed by atoms with E-state index in [2.05, 4.69) is 0 Å². The largest absolute Gasteiger partial charge is 0.508 e. The first-order valence-corrected chi connectivity index (χ1v) is 9.88. The summed E-state index contributed by atoms with van der Waals surface area (Å²) in [6.45, 7) is 0. The normalized spacial score (nSPS) is 12.1. The van der Waals surface area contributed by atoms with Gasteiger partial charge < -0.3 is 19.3 Å². The van der Waals surface area contributed by atoms with E-state index in [-0.39, 0.29) is 11.5 Å². The summed E-state index contributed by atoms with van der Waals surface area (Å²) >= 11 is 0. The number of phenolic OH excluding ortho intramolecular Hbond substituents is 2. The molecule has 0 aliphatic carbocycles. The molecule has 27 heavy (non-hydrogen) atoms. The Balaban J connectivity index is 2.47. The first-order chi connectivity index (χ1) is 13.0. The molecule has 0 saturated heterocycles. The maximum Gasteiger partial charge on any atom is 0.349 e. The quantitative estimate of drug-likeness (QED) is 0.468. The molecule has 2 N–H and O–H groups in total. The third kappa shape index (κ3) is 3.15. The van der Waals surface area contributed by atoms with Crippen LogP contribution in [0.2, 0.25) is 0 Å². The monoisotopic (exact) mass is 384 g/mol. The van der Waals surface area contributed by atoms with Crippen LogP contribution in [0.15, 0.2) is 78.9 Å². The average molecular weight is 384 g/mol. The lowest BCUT2D eigenvalue weighted by Crippen LogP contribution is -2.30. The summed E-state index contributed by atoms with van der Waals surface area (Å²) in [5, 5.41) is 18.2. The van der Waals surface area contributed by atoms with Gasteiger partial charge in [0.1, 0.15) is 16.7 Å². The number of rotatable bonds is 6. The molecule has 0 aliphatic heterocycles. The Kier molecular flexibility index (Phi) is 5.38. The number of aromatic hydroxyl groups is 2. The van der Waals surface area contributed by atoms with Crippen LogP contribution in [0.3, 0.4) is 0 Å². The van der Waals surface area contributed by atoms with Crippen LogP contribution >= 0.6 is 7.60 Å². The van der Waals surface area contributed by atoms with E-state index in [1.807, 2.05) is 30.3 Å². The highest BCUT2D eigenvalue weighted by Gasteiger charge is 2.54. The van der Waals surface area contributed by atoms with Gasteiger partial charge in [-0.25, -0.2) is 0 Å². The van der Waals surface area contributed by atoms with Gasteiger partial charge in [-0.3, -0.25) is 4.57 Å². The minimum Gasteiger partial charge on any atom is -0.508 e. The van der Waals surface area contributed by atoms with Crippen molar-refractivity contribution in [2.75, 3.05) is 14.2 Å². The second kappa shape index (κ2) is 7.57. The van der Waals surface area contributed by atoms with Crippen molar-refractivity contribution in [1.29, 1.82) is 0 Å². The third-order valence-corrected chi connectivity index (χ3v) is 7.21. The topological polar surface area (TPSA) is 76.0 Å². The fourth-order valence-corrected chi connectivity index (χ4v) is 5.50. The maximum absolute atomic E-state index is 14.0. The molecular formula is C21H21O5P. The Morgan fingerprint density at radius 1 is 0.667 bits per heavy atom. The Hall–Kier alpha value is -2.59. The van der Waals surface area contributed by atoms with E-state index < -0.39 is 12.8 Å². The van der Waals surface area contributed by atoms with Gasteiger partial charge in [-0.05, 0) is 41.0 Å². The molecule has 0 fully saturated rings. The molecule has 0 radical (unpaired) electrons. The Bertz CT molecular complexity index is 883. The van der Waals surface area contributed by atoms with Gasteiger partial charge in [-0.1, -0.05) is 54.6 Å². The van der Waals surface area contributed by atoms with E-state index >= 15 is 0 Å². The van der Waals surface area contributed by atoms with Gasteiger partial charge in [-0.15, -0.1) is 0 Å². The number of hydrogen-bond acceptors (Lipinski definition) is 5. The maximum atomic E-state index is 14.0. The second-order valence-corrected chi connectivity index (χ2v) is 8.43. The number of phenols is 2. The summed E-state index contributed by atoms with van der Waals surface area (Å²) in [5.74, 6) is 0.187. The summed E-state index contributed by atoms with van der Waals surface area (Å²) < 4.78 is 24.9. The molecule has 0 atom stereocenters. The van der Waals surface area contributed by atoms with E-state index in [9.17, 15) is 14.8 Å². The minimum atomic E-state index is -3.78. The van der Waals surface area contributed by atoms with Gasteiger partial charge in [0.25, 0.3) is 0 Å². The Morgan fingerprint density at radius 3 is 1.41 bits per heavy atom. The fourth-order valence-electron chi connectivity index (χ4n) is 3.41. The van der Waals surface area contributed by atoms with Crippen molar-refractivity contribution in [3.05, 3.63) is 95.6 Å². The van der Waals surface area contributed by atoms with Crippen LogP contribution in [0.4, 0.5) is 0 Å². The van der Waals surface area contributed by atoms with Gasteiger partial charge >= 0.3 is 7.60 Å². The van der Waals surface area contributed by atoms with Crippen molar-refractivity contribution in [3.8, 4) is 11.5 Å². The Morgan fingerprint density at radius 2 is 1.04 bits per heavy atom. The number of benzene rings is 3. The molecule has 0 spiro atoms. The van der Waals surface area contributed by atoms with Gasteiger partial charge in [0, 0.05) is 14.2 Å². The lowest BCUT2D eigenvalue weighted by Gasteiger charge is -2.39. The highest BCUT2D eigenvalue weighted by Crippen LogP contribution is 2.69. The van der Waals surface area contributed by atoms with Crippen LogP contribution in [0.1, 0.15) is 16.7 Å². The van der Waals surface area contributed by atoms with E-state index in [1.165, 1.54) is 38.5 Å². The molecule has 5 nitrogen and oxygen atoms in total. The van der Waals surface area contributed by atoms with Gasteiger partial charge in [0.05, 0.1) is 0 Å². The van der Waals surface area contributed by atoms with Crippen molar-refractivity contribution in [2.24, 2.45) is 0 Å². The summed E-state index contributed by atoms with van der Waals surface area (Å²) in [5.41, 5.74) is 1.96. The van der Waals surface area contributed by atoms with Crippen LogP contribution in [-0.2, 0) is 18.8 Å². The summed E-state index contributed by atoms with van der Waals surface area (Å²) in [6.07, 6.45) is 0. The van der Waals surface area contributed by atoms with Crippen LogP contribution in [0.25, 0.3) is 0 Å². The predicted octanol–water partition coefficient (Wildman–Crippen LogP) is 4.88. The van der Waals surface area contributed by atoms with Gasteiger partial charge in [0.2, 0.25) is 0 Å². The molecule has 140 valence electrons. The summed E-state index contributed by atoms with van der Waals surface area (Å²) in [6, 6.07) is 22.2. The SMILES string of the molecule is COP(=O)(OC)C(c1ccccc1)(c1ccc(O)cc1)c1ccc(O)cc1. The van der Waals surface area contributed by atoms with Crippen molar-refractivity contribution in [2.45, 2.75) is 5.16 Å². The van der Waals surface area contributed by atoms with Crippen molar-refractivity contribution in [3.63, 3.8) is 0 Å². The molecule has 0 unspecified atom stereocenters. The van der Waals surface area contributed by atoms with Gasteiger partial charge in [-0.2, -0.15) is 0 Å². The van der Waals surface area contributed by atoms with E-state index in [0.29, 0.717) is 16.7 Å². The highest BCUT2D eigenvalue weighted by atomic mass is 31.2. The van der Waals surface area contributed by atoms with Crippen LogP contribution in [0.5, 0.6) is 11.5 Å². The molecule has 6 heteroatoms. The van der Waals surface area contributed by atoms with Crippen molar-refractivity contribution < 1.29 is 23.8 Å².